The Balaban J connectivity index is 1.94. The third kappa shape index (κ3) is 3.02. The molecule has 0 unspecified atom stereocenters. The molecule has 0 amide bonds. The van der Waals surface area contributed by atoms with E-state index in [-0.39, 0.29) is 16.1 Å². The number of fused-ring (bicyclic) bond motifs is 1. The van der Waals surface area contributed by atoms with Crippen LogP contribution in [0.15, 0.2) is 65.6 Å². The first-order chi connectivity index (χ1) is 11.4. The Morgan fingerprint density at radius 3 is 2.38 bits per heavy atom. The summed E-state index contributed by atoms with van der Waals surface area (Å²) in [4.78, 5) is 10.9. The second-order valence-electron chi connectivity index (χ2n) is 5.22. The Morgan fingerprint density at radius 2 is 1.71 bits per heavy atom. The van der Waals surface area contributed by atoms with Crippen molar-refractivity contribution in [2.75, 3.05) is 10.5 Å². The number of nitrogens with one attached hydrogen (secondary N) is 1. The molecule has 0 aliphatic rings. The molecule has 3 rings (SSSR count). The maximum atomic E-state index is 12.5. The highest BCUT2D eigenvalue weighted by Crippen LogP contribution is 2.25. The first-order valence-electron chi connectivity index (χ1n) is 7.01. The molecule has 0 atom stereocenters. The summed E-state index contributed by atoms with van der Waals surface area (Å²) in [6.45, 7) is 0. The first-order valence-corrected chi connectivity index (χ1v) is 8.49. The normalized spacial score (nSPS) is 11.3. The van der Waals surface area contributed by atoms with Crippen LogP contribution in [0, 0.1) is 0 Å². The zero-order valence-corrected chi connectivity index (χ0v) is 13.2. The summed E-state index contributed by atoms with van der Waals surface area (Å²) in [5, 5.41) is 10.4. The van der Waals surface area contributed by atoms with Crippen molar-refractivity contribution in [1.82, 2.24) is 0 Å². The number of carboxylic acid groups (broad SMARTS) is 1. The van der Waals surface area contributed by atoms with Crippen LogP contribution in [0.25, 0.3) is 10.8 Å². The van der Waals surface area contributed by atoms with Gasteiger partial charge in [0.25, 0.3) is 10.0 Å². The molecule has 0 aromatic heterocycles. The molecule has 0 radical (unpaired) electrons. The molecular weight excluding hydrogens is 328 g/mol. The third-order valence-corrected chi connectivity index (χ3v) is 4.96. The van der Waals surface area contributed by atoms with E-state index in [9.17, 15) is 13.2 Å². The first kappa shape index (κ1) is 15.8. The highest BCUT2D eigenvalue weighted by molar-refractivity contribution is 7.92. The number of hydrogen-bond donors (Lipinski definition) is 3. The van der Waals surface area contributed by atoms with Gasteiger partial charge in [-0.15, -0.1) is 0 Å². The van der Waals surface area contributed by atoms with E-state index in [0.717, 1.165) is 10.8 Å². The molecule has 7 heteroatoms. The lowest BCUT2D eigenvalue weighted by Gasteiger charge is -2.10. The van der Waals surface area contributed by atoms with Gasteiger partial charge in [0.2, 0.25) is 0 Å². The van der Waals surface area contributed by atoms with Crippen molar-refractivity contribution in [3.05, 3.63) is 66.2 Å². The second-order valence-corrected chi connectivity index (χ2v) is 6.90. The van der Waals surface area contributed by atoms with E-state index in [0.29, 0.717) is 5.69 Å². The van der Waals surface area contributed by atoms with E-state index in [1.807, 2.05) is 0 Å². The quantitative estimate of drug-likeness (QED) is 0.632. The predicted octanol–water partition coefficient (Wildman–Crippen LogP) is 2.92. The van der Waals surface area contributed by atoms with Crippen LogP contribution in [-0.2, 0) is 10.0 Å². The van der Waals surface area contributed by atoms with Gasteiger partial charge in [-0.25, -0.2) is 13.2 Å². The summed E-state index contributed by atoms with van der Waals surface area (Å²) < 4.78 is 27.4. The van der Waals surface area contributed by atoms with E-state index in [1.165, 1.54) is 30.3 Å². The summed E-state index contributed by atoms with van der Waals surface area (Å²) in [6.07, 6.45) is 0. The Kier molecular flexibility index (Phi) is 3.86. The van der Waals surface area contributed by atoms with E-state index >= 15 is 0 Å². The highest BCUT2D eigenvalue weighted by atomic mass is 32.2. The number of nitrogens with two attached hydrogens (primary N) is 1. The molecule has 0 bridgehead atoms. The van der Waals surface area contributed by atoms with Crippen LogP contribution in [0.5, 0.6) is 0 Å². The van der Waals surface area contributed by atoms with Gasteiger partial charge in [0.1, 0.15) is 0 Å². The molecular formula is C17H14N2O4S. The van der Waals surface area contributed by atoms with Crippen LogP contribution >= 0.6 is 0 Å². The topological polar surface area (TPSA) is 109 Å². The average molecular weight is 342 g/mol. The van der Waals surface area contributed by atoms with Crippen LogP contribution < -0.4 is 10.5 Å². The standard InChI is InChI=1S/C17H14N2O4S/c18-16-3-1-2-12-10-14(8-9-15(12)16)24(22,23)19-13-6-4-11(5-7-13)17(20)21/h1-10,19H,18H2,(H,20,21). The fraction of sp³-hybridized carbons (Fsp3) is 0. The molecule has 6 nitrogen and oxygen atoms in total. The number of benzene rings is 3. The van der Waals surface area contributed by atoms with Crippen molar-refractivity contribution < 1.29 is 18.3 Å². The number of anilines is 2. The zero-order chi connectivity index (χ0) is 17.3. The maximum absolute atomic E-state index is 12.5. The molecule has 3 aromatic carbocycles. The fourth-order valence-corrected chi connectivity index (χ4v) is 3.44. The lowest BCUT2D eigenvalue weighted by Crippen LogP contribution is -2.13. The molecule has 0 heterocycles. The van der Waals surface area contributed by atoms with Crippen LogP contribution in [0.4, 0.5) is 11.4 Å². The number of carbonyl (C=O) groups is 1. The summed E-state index contributed by atoms with van der Waals surface area (Å²) >= 11 is 0. The minimum atomic E-state index is -3.79. The fourth-order valence-electron chi connectivity index (χ4n) is 2.35. The number of carboxylic acids is 1. The predicted molar refractivity (Wildman–Crippen MR) is 92.6 cm³/mol. The van der Waals surface area contributed by atoms with Crippen molar-refractivity contribution >= 4 is 38.1 Å². The number of nitrogen functional groups attached to an aromatic ring is 1. The van der Waals surface area contributed by atoms with Crippen LogP contribution in [0.2, 0.25) is 0 Å². The van der Waals surface area contributed by atoms with Gasteiger partial charge in [0.15, 0.2) is 0 Å². The van der Waals surface area contributed by atoms with Gasteiger partial charge in [0, 0.05) is 16.8 Å². The lowest BCUT2D eigenvalue weighted by atomic mass is 10.1. The van der Waals surface area contributed by atoms with Crippen LogP contribution in [0.3, 0.4) is 0 Å². The molecule has 0 saturated heterocycles. The van der Waals surface area contributed by atoms with Gasteiger partial charge in [0.05, 0.1) is 10.5 Å². The zero-order valence-electron chi connectivity index (χ0n) is 12.4. The molecule has 122 valence electrons. The number of hydrogen-bond acceptors (Lipinski definition) is 4. The van der Waals surface area contributed by atoms with Gasteiger partial charge in [-0.2, -0.15) is 0 Å². The summed E-state index contributed by atoms with van der Waals surface area (Å²) in [7, 11) is -3.79. The van der Waals surface area contributed by atoms with Crippen LogP contribution in [0.1, 0.15) is 10.4 Å². The molecule has 0 fully saturated rings. The Labute approximate surface area is 138 Å². The van der Waals surface area contributed by atoms with Crippen molar-refractivity contribution in [3.8, 4) is 0 Å². The van der Waals surface area contributed by atoms with Crippen molar-refractivity contribution in [2.45, 2.75) is 4.90 Å². The second kappa shape index (κ2) is 5.86. The van der Waals surface area contributed by atoms with Crippen molar-refractivity contribution in [3.63, 3.8) is 0 Å². The minimum absolute atomic E-state index is 0.0825. The summed E-state index contributed by atoms with van der Waals surface area (Å²) in [6, 6.07) is 15.4. The lowest BCUT2D eigenvalue weighted by molar-refractivity contribution is 0.0697. The highest BCUT2D eigenvalue weighted by Gasteiger charge is 2.15. The van der Waals surface area contributed by atoms with Gasteiger partial charge in [-0.05, 0) is 47.9 Å². The molecule has 4 N–H and O–H groups in total. The monoisotopic (exact) mass is 342 g/mol. The molecule has 0 spiro atoms. The van der Waals surface area contributed by atoms with Crippen molar-refractivity contribution in [1.29, 1.82) is 0 Å². The van der Waals surface area contributed by atoms with E-state index in [2.05, 4.69) is 4.72 Å². The van der Waals surface area contributed by atoms with Crippen LogP contribution in [-0.4, -0.2) is 19.5 Å². The largest absolute Gasteiger partial charge is 0.478 e. The Morgan fingerprint density at radius 1 is 1.00 bits per heavy atom. The molecule has 0 aliphatic heterocycles. The van der Waals surface area contributed by atoms with E-state index < -0.39 is 16.0 Å². The third-order valence-electron chi connectivity index (χ3n) is 3.58. The molecule has 24 heavy (non-hydrogen) atoms. The van der Waals surface area contributed by atoms with E-state index in [1.54, 1.807) is 30.3 Å². The SMILES string of the molecule is Nc1cccc2cc(S(=O)(=O)Nc3ccc(C(=O)O)cc3)ccc12. The molecule has 3 aromatic rings. The minimum Gasteiger partial charge on any atom is -0.478 e. The summed E-state index contributed by atoms with van der Waals surface area (Å²) in [5.74, 6) is -1.07. The molecule has 0 saturated carbocycles. The van der Waals surface area contributed by atoms with Gasteiger partial charge >= 0.3 is 5.97 Å². The number of sulfonamides is 1. The summed E-state index contributed by atoms with van der Waals surface area (Å²) in [5.41, 5.74) is 6.81. The van der Waals surface area contributed by atoms with Gasteiger partial charge in [-0.1, -0.05) is 18.2 Å². The number of aromatic carboxylic acids is 1. The van der Waals surface area contributed by atoms with E-state index in [4.69, 9.17) is 10.8 Å². The maximum Gasteiger partial charge on any atom is 0.335 e. The Hall–Kier alpha value is -3.06. The van der Waals surface area contributed by atoms with Gasteiger partial charge in [-0.3, -0.25) is 4.72 Å². The smallest absolute Gasteiger partial charge is 0.335 e. The Bertz CT molecular complexity index is 1030. The van der Waals surface area contributed by atoms with Crippen molar-refractivity contribution in [2.24, 2.45) is 0 Å². The molecule has 0 aliphatic carbocycles. The average Bonchev–Trinajstić information content (AvgIpc) is 2.55. The number of rotatable bonds is 4. The van der Waals surface area contributed by atoms with Gasteiger partial charge < -0.3 is 10.8 Å².